The third-order valence-electron chi connectivity index (χ3n) is 3.10. The SMILES string of the molecule is CCOC(=O)c1c(/N=C/c2ccccc2O)sc(C)c1C. The van der Waals surface area contributed by atoms with Crippen LogP contribution in [-0.4, -0.2) is 23.9 Å². The number of nitrogens with zero attached hydrogens (tertiary/aromatic N) is 1. The molecule has 1 aromatic carbocycles. The van der Waals surface area contributed by atoms with Crippen LogP contribution in [0.2, 0.25) is 0 Å². The lowest BCUT2D eigenvalue weighted by Gasteiger charge is -2.02. The Morgan fingerprint density at radius 1 is 1.38 bits per heavy atom. The lowest BCUT2D eigenvalue weighted by atomic mass is 10.1. The van der Waals surface area contributed by atoms with Gasteiger partial charge in [0.25, 0.3) is 0 Å². The molecule has 1 N–H and O–H groups in total. The number of hydrogen-bond acceptors (Lipinski definition) is 5. The van der Waals surface area contributed by atoms with Crippen molar-refractivity contribution in [3.05, 3.63) is 45.8 Å². The van der Waals surface area contributed by atoms with Crippen molar-refractivity contribution in [1.29, 1.82) is 0 Å². The van der Waals surface area contributed by atoms with Crippen LogP contribution in [0.3, 0.4) is 0 Å². The molecule has 1 aromatic heterocycles. The van der Waals surface area contributed by atoms with Crippen LogP contribution in [-0.2, 0) is 4.74 Å². The zero-order valence-electron chi connectivity index (χ0n) is 12.2. The Balaban J connectivity index is 2.39. The highest BCUT2D eigenvalue weighted by Gasteiger charge is 2.20. The summed E-state index contributed by atoms with van der Waals surface area (Å²) in [4.78, 5) is 17.4. The summed E-state index contributed by atoms with van der Waals surface area (Å²) >= 11 is 1.44. The monoisotopic (exact) mass is 303 g/mol. The molecule has 0 saturated carbocycles. The lowest BCUT2D eigenvalue weighted by Crippen LogP contribution is -2.05. The molecule has 0 spiro atoms. The van der Waals surface area contributed by atoms with E-state index in [4.69, 9.17) is 4.74 Å². The third kappa shape index (κ3) is 3.31. The summed E-state index contributed by atoms with van der Waals surface area (Å²) in [6, 6.07) is 6.92. The second-order valence-electron chi connectivity index (χ2n) is 4.50. The zero-order valence-corrected chi connectivity index (χ0v) is 13.0. The van der Waals surface area contributed by atoms with Crippen LogP contribution in [0.15, 0.2) is 29.3 Å². The number of ether oxygens (including phenoxy) is 1. The first kappa shape index (κ1) is 15.3. The number of aliphatic imine (C=N–C) groups is 1. The molecule has 0 aliphatic carbocycles. The standard InChI is InChI=1S/C16H17NO3S/c1-4-20-16(19)14-10(2)11(3)21-15(14)17-9-12-7-5-6-8-13(12)18/h5-9,18H,4H2,1-3H3/b17-9+. The number of thiophene rings is 1. The van der Waals surface area contributed by atoms with Crippen molar-refractivity contribution in [1.82, 2.24) is 0 Å². The van der Waals surface area contributed by atoms with Crippen molar-refractivity contribution in [2.24, 2.45) is 4.99 Å². The number of phenols is 1. The first-order valence-electron chi connectivity index (χ1n) is 6.63. The highest BCUT2D eigenvalue weighted by atomic mass is 32.1. The Kier molecular flexibility index (Phi) is 4.75. The van der Waals surface area contributed by atoms with Crippen LogP contribution < -0.4 is 0 Å². The van der Waals surface area contributed by atoms with Crippen LogP contribution in [0.4, 0.5) is 5.00 Å². The van der Waals surface area contributed by atoms with Gasteiger partial charge >= 0.3 is 5.97 Å². The molecular weight excluding hydrogens is 286 g/mol. The Hall–Kier alpha value is -2.14. The van der Waals surface area contributed by atoms with Crippen LogP contribution in [0, 0.1) is 13.8 Å². The molecule has 0 radical (unpaired) electrons. The van der Waals surface area contributed by atoms with E-state index in [9.17, 15) is 9.90 Å². The molecule has 21 heavy (non-hydrogen) atoms. The Labute approximate surface area is 127 Å². The maximum absolute atomic E-state index is 12.0. The molecule has 110 valence electrons. The molecule has 5 heteroatoms. The average Bonchev–Trinajstić information content (AvgIpc) is 2.73. The minimum atomic E-state index is -0.358. The zero-order chi connectivity index (χ0) is 15.4. The van der Waals surface area contributed by atoms with Gasteiger partial charge in [0.1, 0.15) is 10.8 Å². The van der Waals surface area contributed by atoms with Gasteiger partial charge in [-0.3, -0.25) is 0 Å². The van der Waals surface area contributed by atoms with E-state index in [1.165, 1.54) is 11.3 Å². The van der Waals surface area contributed by atoms with Gasteiger partial charge < -0.3 is 9.84 Å². The lowest BCUT2D eigenvalue weighted by molar-refractivity contribution is 0.0527. The third-order valence-corrected chi connectivity index (χ3v) is 4.22. The second kappa shape index (κ2) is 6.54. The quantitative estimate of drug-likeness (QED) is 0.686. The molecule has 0 unspecified atom stereocenters. The molecule has 0 aliphatic rings. The van der Waals surface area contributed by atoms with Crippen molar-refractivity contribution < 1.29 is 14.6 Å². The van der Waals surface area contributed by atoms with Gasteiger partial charge in [-0.05, 0) is 38.5 Å². The van der Waals surface area contributed by atoms with E-state index in [2.05, 4.69) is 4.99 Å². The van der Waals surface area contributed by atoms with E-state index in [1.807, 2.05) is 19.9 Å². The van der Waals surface area contributed by atoms with Crippen molar-refractivity contribution >= 4 is 28.5 Å². The molecule has 1 heterocycles. The van der Waals surface area contributed by atoms with Crippen molar-refractivity contribution in [2.45, 2.75) is 20.8 Å². The molecule has 0 aliphatic heterocycles. The number of esters is 1. The van der Waals surface area contributed by atoms with Crippen LogP contribution >= 0.6 is 11.3 Å². The molecule has 0 saturated heterocycles. The molecule has 0 bridgehead atoms. The molecule has 2 rings (SSSR count). The molecule has 0 atom stereocenters. The number of carbonyl (C=O) groups excluding carboxylic acids is 1. The van der Waals surface area contributed by atoms with E-state index in [0.29, 0.717) is 22.7 Å². The number of aromatic hydroxyl groups is 1. The summed E-state index contributed by atoms with van der Waals surface area (Å²) in [6.07, 6.45) is 1.56. The summed E-state index contributed by atoms with van der Waals surface area (Å²) in [7, 11) is 0. The summed E-state index contributed by atoms with van der Waals surface area (Å²) < 4.78 is 5.08. The van der Waals surface area contributed by atoms with Gasteiger partial charge in [-0.1, -0.05) is 12.1 Å². The van der Waals surface area contributed by atoms with Crippen molar-refractivity contribution in [3.8, 4) is 5.75 Å². The first-order valence-corrected chi connectivity index (χ1v) is 7.45. The van der Waals surface area contributed by atoms with E-state index >= 15 is 0 Å². The van der Waals surface area contributed by atoms with E-state index in [0.717, 1.165) is 10.4 Å². The van der Waals surface area contributed by atoms with Crippen molar-refractivity contribution in [2.75, 3.05) is 6.61 Å². The van der Waals surface area contributed by atoms with E-state index in [1.54, 1.807) is 31.3 Å². The predicted octanol–water partition coefficient (Wildman–Crippen LogP) is 4.00. The maximum atomic E-state index is 12.0. The van der Waals surface area contributed by atoms with Gasteiger partial charge in [0.05, 0.1) is 12.2 Å². The smallest absolute Gasteiger partial charge is 0.341 e. The number of benzene rings is 1. The Morgan fingerprint density at radius 2 is 2.10 bits per heavy atom. The highest BCUT2D eigenvalue weighted by Crippen LogP contribution is 2.35. The molecule has 2 aromatic rings. The van der Waals surface area contributed by atoms with Crippen LogP contribution in [0.5, 0.6) is 5.75 Å². The van der Waals surface area contributed by atoms with Gasteiger partial charge in [0.15, 0.2) is 0 Å². The number of hydrogen-bond donors (Lipinski definition) is 1. The number of aryl methyl sites for hydroxylation is 1. The van der Waals surface area contributed by atoms with Gasteiger partial charge in [0, 0.05) is 16.7 Å². The minimum Gasteiger partial charge on any atom is -0.507 e. The average molecular weight is 303 g/mol. The van der Waals surface area contributed by atoms with E-state index in [-0.39, 0.29) is 11.7 Å². The fraction of sp³-hybridized carbons (Fsp3) is 0.250. The molecular formula is C16H17NO3S. The van der Waals surface area contributed by atoms with Crippen molar-refractivity contribution in [3.63, 3.8) is 0 Å². The van der Waals surface area contributed by atoms with E-state index < -0.39 is 0 Å². The summed E-state index contributed by atoms with van der Waals surface area (Å²) in [6.45, 7) is 5.94. The predicted molar refractivity (Wildman–Crippen MR) is 85.1 cm³/mol. The molecule has 4 nitrogen and oxygen atoms in total. The summed E-state index contributed by atoms with van der Waals surface area (Å²) in [5, 5.41) is 10.3. The highest BCUT2D eigenvalue weighted by molar-refractivity contribution is 7.16. The number of phenolic OH excluding ortho intramolecular Hbond substituents is 1. The number of rotatable bonds is 4. The summed E-state index contributed by atoms with van der Waals surface area (Å²) in [5.74, 6) is -0.201. The Bertz CT molecular complexity index is 689. The Morgan fingerprint density at radius 3 is 2.76 bits per heavy atom. The first-order chi connectivity index (χ1) is 10.0. The topological polar surface area (TPSA) is 58.9 Å². The fourth-order valence-corrected chi connectivity index (χ4v) is 2.86. The number of para-hydroxylation sites is 1. The van der Waals surface area contributed by atoms with Gasteiger partial charge in [-0.2, -0.15) is 0 Å². The molecule has 0 amide bonds. The number of carbonyl (C=O) groups is 1. The van der Waals surface area contributed by atoms with Gasteiger partial charge in [-0.15, -0.1) is 11.3 Å². The largest absolute Gasteiger partial charge is 0.507 e. The minimum absolute atomic E-state index is 0.156. The fourth-order valence-electron chi connectivity index (χ4n) is 1.87. The van der Waals surface area contributed by atoms with Crippen LogP contribution in [0.1, 0.15) is 33.3 Å². The summed E-state index contributed by atoms with van der Waals surface area (Å²) in [5.41, 5.74) is 2.00. The normalized spacial score (nSPS) is 11.0. The van der Waals surface area contributed by atoms with Crippen LogP contribution in [0.25, 0.3) is 0 Å². The van der Waals surface area contributed by atoms with Gasteiger partial charge in [-0.25, -0.2) is 9.79 Å². The maximum Gasteiger partial charge on any atom is 0.341 e. The molecule has 0 fully saturated rings. The van der Waals surface area contributed by atoms with Gasteiger partial charge in [0.2, 0.25) is 0 Å². The second-order valence-corrected chi connectivity index (χ2v) is 5.70.